The predicted molar refractivity (Wildman–Crippen MR) is 157 cm³/mol. The summed E-state index contributed by atoms with van der Waals surface area (Å²) in [7, 11) is -3.80. The molecular formula is C29H26N4O6S2. The van der Waals surface area contributed by atoms with Gasteiger partial charge in [-0.1, -0.05) is 36.8 Å². The number of hydrogen-bond donors (Lipinski definition) is 1. The average molecular weight is 591 g/mol. The molecule has 4 aromatic rings. The number of hydrogen-bond acceptors (Lipinski definition) is 7. The maximum absolute atomic E-state index is 13.5. The second-order valence-corrected chi connectivity index (χ2v) is 13.1. The molecule has 3 heterocycles. The first-order chi connectivity index (χ1) is 19.8. The molecule has 1 N–H and O–H groups in total. The SMILES string of the molecule is O=C(Nc1ccc2c3c(cccc13)C(=O)N2CCc1ccc([N+](=O)[O-])cc1)C1CCCCN1S(=O)(=O)c1cccs1. The Morgan fingerprint density at radius 3 is 2.59 bits per heavy atom. The van der Waals surface area contributed by atoms with Crippen molar-refractivity contribution in [2.75, 3.05) is 23.3 Å². The van der Waals surface area contributed by atoms with Crippen molar-refractivity contribution in [1.82, 2.24) is 4.31 Å². The number of anilines is 2. The Hall–Kier alpha value is -4.13. The molecule has 10 nitrogen and oxygen atoms in total. The number of nitro benzene ring substituents is 1. The molecule has 0 aliphatic carbocycles. The second-order valence-electron chi connectivity index (χ2n) is 10.0. The maximum atomic E-state index is 13.5. The fourth-order valence-corrected chi connectivity index (χ4v) is 8.37. The van der Waals surface area contributed by atoms with E-state index in [0.29, 0.717) is 42.4 Å². The number of nitrogens with one attached hydrogen (secondary N) is 1. The van der Waals surface area contributed by atoms with Gasteiger partial charge < -0.3 is 10.2 Å². The summed E-state index contributed by atoms with van der Waals surface area (Å²) in [5, 5.41) is 17.0. The zero-order chi connectivity index (χ0) is 28.7. The Balaban J connectivity index is 1.25. The molecule has 1 aromatic heterocycles. The van der Waals surface area contributed by atoms with E-state index in [1.54, 1.807) is 58.8 Å². The summed E-state index contributed by atoms with van der Waals surface area (Å²) in [4.78, 5) is 39.1. The van der Waals surface area contributed by atoms with Crippen molar-refractivity contribution in [3.63, 3.8) is 0 Å². The number of carbonyl (C=O) groups excluding carboxylic acids is 2. The number of sulfonamides is 1. The van der Waals surface area contributed by atoms with Crippen LogP contribution in [0.4, 0.5) is 17.1 Å². The lowest BCUT2D eigenvalue weighted by atomic mass is 10.0. The molecule has 1 fully saturated rings. The van der Waals surface area contributed by atoms with Gasteiger partial charge in [0.25, 0.3) is 21.6 Å². The number of nitrogens with zero attached hydrogens (tertiary/aromatic N) is 3. The Morgan fingerprint density at radius 2 is 1.85 bits per heavy atom. The molecule has 0 bridgehead atoms. The highest BCUT2D eigenvalue weighted by atomic mass is 32.2. The lowest BCUT2D eigenvalue weighted by Crippen LogP contribution is -2.49. The number of rotatable bonds is 8. The van der Waals surface area contributed by atoms with E-state index in [1.165, 1.54) is 16.4 Å². The van der Waals surface area contributed by atoms with Gasteiger partial charge in [-0.25, -0.2) is 8.42 Å². The van der Waals surface area contributed by atoms with Gasteiger partial charge >= 0.3 is 0 Å². The zero-order valence-corrected chi connectivity index (χ0v) is 23.5. The molecule has 210 valence electrons. The van der Waals surface area contributed by atoms with Crippen LogP contribution in [0.25, 0.3) is 10.8 Å². The third kappa shape index (κ3) is 4.88. The van der Waals surface area contributed by atoms with Gasteiger partial charge in [0, 0.05) is 47.2 Å². The molecule has 0 saturated carbocycles. The molecular weight excluding hydrogens is 564 g/mol. The Morgan fingerprint density at radius 1 is 1.05 bits per heavy atom. The first-order valence-electron chi connectivity index (χ1n) is 13.2. The number of nitro groups is 1. The molecule has 12 heteroatoms. The highest BCUT2D eigenvalue weighted by Crippen LogP contribution is 2.41. The summed E-state index contributed by atoms with van der Waals surface area (Å²) >= 11 is 1.13. The number of benzene rings is 3. The summed E-state index contributed by atoms with van der Waals surface area (Å²) in [5.74, 6) is -0.554. The minimum absolute atomic E-state index is 0.0122. The minimum atomic E-state index is -3.80. The van der Waals surface area contributed by atoms with Crippen LogP contribution >= 0.6 is 11.3 Å². The summed E-state index contributed by atoms with van der Waals surface area (Å²) in [6.07, 6.45) is 2.37. The van der Waals surface area contributed by atoms with Gasteiger partial charge in [-0.2, -0.15) is 4.31 Å². The van der Waals surface area contributed by atoms with E-state index in [4.69, 9.17) is 0 Å². The van der Waals surface area contributed by atoms with Crippen molar-refractivity contribution in [2.45, 2.75) is 35.9 Å². The summed E-state index contributed by atoms with van der Waals surface area (Å²) in [5.41, 5.74) is 2.64. The normalized spacial score (nSPS) is 17.2. The summed E-state index contributed by atoms with van der Waals surface area (Å²) in [6.45, 7) is 0.657. The third-order valence-electron chi connectivity index (χ3n) is 7.63. The van der Waals surface area contributed by atoms with Crippen LogP contribution in [-0.2, 0) is 21.2 Å². The standard InChI is InChI=1S/C29H26N4O6S2/c34-28(25-7-1-2-16-32(25)41(38,39)26-8-4-18-40-26)30-23-13-14-24-27-21(23)5-3-6-22(27)29(35)31(24)17-15-19-9-11-20(12-10-19)33(36)37/h3-6,8-14,18,25H,1-2,7,15-17H2,(H,30,34). The smallest absolute Gasteiger partial charge is 0.269 e. The van der Waals surface area contributed by atoms with Gasteiger partial charge in [-0.3, -0.25) is 19.7 Å². The van der Waals surface area contributed by atoms with E-state index in [9.17, 15) is 28.1 Å². The van der Waals surface area contributed by atoms with Crippen LogP contribution in [0.2, 0.25) is 0 Å². The van der Waals surface area contributed by atoms with Crippen LogP contribution in [0.3, 0.4) is 0 Å². The lowest BCUT2D eigenvalue weighted by Gasteiger charge is -2.33. The van der Waals surface area contributed by atoms with Crippen LogP contribution in [0.5, 0.6) is 0 Å². The topological polar surface area (TPSA) is 130 Å². The third-order valence-corrected chi connectivity index (χ3v) is 10.9. The van der Waals surface area contributed by atoms with E-state index in [0.717, 1.165) is 34.4 Å². The van der Waals surface area contributed by atoms with E-state index in [-0.39, 0.29) is 22.3 Å². The Kier molecular flexibility index (Phi) is 7.06. The number of thiophene rings is 1. The van der Waals surface area contributed by atoms with Crippen LogP contribution in [0.15, 0.2) is 76.3 Å². The monoisotopic (exact) mass is 590 g/mol. The predicted octanol–water partition coefficient (Wildman–Crippen LogP) is 5.19. The quantitative estimate of drug-likeness (QED) is 0.222. The molecule has 2 amide bonds. The van der Waals surface area contributed by atoms with E-state index in [1.807, 2.05) is 6.07 Å². The maximum Gasteiger partial charge on any atom is 0.269 e. The van der Waals surface area contributed by atoms with Crippen molar-refractivity contribution in [3.05, 3.63) is 93.4 Å². The highest BCUT2D eigenvalue weighted by molar-refractivity contribution is 7.91. The highest BCUT2D eigenvalue weighted by Gasteiger charge is 2.38. The van der Waals surface area contributed by atoms with Crippen LogP contribution < -0.4 is 10.2 Å². The fourth-order valence-electron chi connectivity index (χ4n) is 5.60. The number of non-ortho nitro benzene ring substituents is 1. The average Bonchev–Trinajstić information content (AvgIpc) is 3.62. The van der Waals surface area contributed by atoms with Crippen LogP contribution in [-0.4, -0.2) is 48.6 Å². The summed E-state index contributed by atoms with van der Waals surface area (Å²) < 4.78 is 28.1. The molecule has 41 heavy (non-hydrogen) atoms. The zero-order valence-electron chi connectivity index (χ0n) is 21.9. The number of piperidine rings is 1. The largest absolute Gasteiger partial charge is 0.324 e. The van der Waals surface area contributed by atoms with Gasteiger partial charge in [0.05, 0.1) is 10.6 Å². The number of amides is 2. The minimum Gasteiger partial charge on any atom is -0.324 e. The molecule has 1 saturated heterocycles. The van der Waals surface area contributed by atoms with Gasteiger partial charge in [0.2, 0.25) is 5.91 Å². The van der Waals surface area contributed by atoms with E-state index in [2.05, 4.69) is 5.32 Å². The van der Waals surface area contributed by atoms with Gasteiger partial charge in [-0.05, 0) is 54.5 Å². The van der Waals surface area contributed by atoms with Gasteiger partial charge in [-0.15, -0.1) is 11.3 Å². The number of carbonyl (C=O) groups is 2. The van der Waals surface area contributed by atoms with Gasteiger partial charge in [0.1, 0.15) is 10.3 Å². The molecule has 3 aromatic carbocycles. The second kappa shape index (κ2) is 10.7. The van der Waals surface area contributed by atoms with Crippen molar-refractivity contribution < 1.29 is 22.9 Å². The van der Waals surface area contributed by atoms with E-state index < -0.39 is 26.9 Å². The van der Waals surface area contributed by atoms with Crippen molar-refractivity contribution in [2.24, 2.45) is 0 Å². The lowest BCUT2D eigenvalue weighted by molar-refractivity contribution is -0.384. The van der Waals surface area contributed by atoms with Crippen LogP contribution in [0, 0.1) is 10.1 Å². The first kappa shape index (κ1) is 27.1. The van der Waals surface area contributed by atoms with Gasteiger partial charge in [0.15, 0.2) is 0 Å². The molecule has 1 unspecified atom stereocenters. The van der Waals surface area contributed by atoms with Crippen molar-refractivity contribution >= 4 is 61.0 Å². The molecule has 1 atom stereocenters. The van der Waals surface area contributed by atoms with E-state index >= 15 is 0 Å². The van der Waals surface area contributed by atoms with Crippen molar-refractivity contribution in [1.29, 1.82) is 0 Å². The first-order valence-corrected chi connectivity index (χ1v) is 15.5. The fraction of sp³-hybridized carbons (Fsp3) is 0.241. The molecule has 2 aliphatic heterocycles. The Labute approximate surface area is 240 Å². The molecule has 2 aliphatic rings. The summed E-state index contributed by atoms with van der Waals surface area (Å²) in [6, 6.07) is 17.6. The Bertz CT molecular complexity index is 1770. The molecule has 0 spiro atoms. The van der Waals surface area contributed by atoms with Crippen molar-refractivity contribution in [3.8, 4) is 0 Å². The van der Waals surface area contributed by atoms with Crippen LogP contribution in [0.1, 0.15) is 35.2 Å². The molecule has 6 rings (SSSR count). The molecule has 0 radical (unpaired) electrons.